The lowest BCUT2D eigenvalue weighted by Gasteiger charge is -2.36. The van der Waals surface area contributed by atoms with Crippen LogP contribution >= 0.6 is 11.7 Å². The molecule has 1 aromatic carbocycles. The number of nitrogens with zero attached hydrogens (tertiary/aromatic N) is 3. The van der Waals surface area contributed by atoms with E-state index in [2.05, 4.69) is 20.6 Å². The molecule has 9 nitrogen and oxygen atoms in total. The number of rotatable bonds is 4. The number of hydrogen-bond donors (Lipinski definition) is 0. The Morgan fingerprint density at radius 1 is 1.20 bits per heavy atom. The Bertz CT molecular complexity index is 1050. The molecule has 0 radical (unpaired) electrons. The van der Waals surface area contributed by atoms with Crippen molar-refractivity contribution in [3.63, 3.8) is 0 Å². The third kappa shape index (κ3) is 3.14. The molecule has 30 heavy (non-hydrogen) atoms. The first kappa shape index (κ1) is 18.8. The molecule has 0 saturated carbocycles. The number of hydrogen-bond acceptors (Lipinski definition) is 10. The number of ether oxygens (including phenoxy) is 4. The van der Waals surface area contributed by atoms with Crippen LogP contribution in [-0.2, 0) is 19.1 Å². The van der Waals surface area contributed by atoms with Gasteiger partial charge in [0.25, 0.3) is 11.8 Å². The number of piperidine rings is 1. The van der Waals surface area contributed by atoms with Crippen molar-refractivity contribution in [2.45, 2.75) is 18.4 Å². The van der Waals surface area contributed by atoms with E-state index in [1.807, 2.05) is 0 Å². The van der Waals surface area contributed by atoms with Gasteiger partial charge in [-0.2, -0.15) is 0 Å². The Balaban J connectivity index is 1.28. The van der Waals surface area contributed by atoms with E-state index in [1.54, 1.807) is 17.0 Å². The molecule has 3 saturated heterocycles. The first-order chi connectivity index (χ1) is 14.5. The number of esters is 2. The van der Waals surface area contributed by atoms with E-state index in [0.717, 1.165) is 18.1 Å². The third-order valence-electron chi connectivity index (χ3n) is 5.12. The van der Waals surface area contributed by atoms with Gasteiger partial charge in [0.2, 0.25) is 0 Å². The van der Waals surface area contributed by atoms with Crippen molar-refractivity contribution in [1.82, 2.24) is 13.6 Å². The van der Waals surface area contributed by atoms with E-state index >= 15 is 0 Å². The van der Waals surface area contributed by atoms with Crippen molar-refractivity contribution in [2.75, 3.05) is 19.7 Å². The molecule has 1 aromatic heterocycles. The summed E-state index contributed by atoms with van der Waals surface area (Å²) in [6, 6.07) is 5.78. The molecule has 1 spiro atoms. The second-order valence-corrected chi connectivity index (χ2v) is 7.44. The lowest BCUT2D eigenvalue weighted by Crippen LogP contribution is -2.57. The van der Waals surface area contributed by atoms with Gasteiger partial charge < -0.3 is 18.9 Å². The molecule has 2 aromatic rings. The van der Waals surface area contributed by atoms with Crippen molar-refractivity contribution in [2.24, 2.45) is 5.92 Å². The van der Waals surface area contributed by atoms with Gasteiger partial charge in [0.1, 0.15) is 5.82 Å². The summed E-state index contributed by atoms with van der Waals surface area (Å²) in [4.78, 5) is 25.1. The number of benzene rings is 1. The van der Waals surface area contributed by atoms with Gasteiger partial charge in [-0.05, 0) is 30.7 Å². The van der Waals surface area contributed by atoms with E-state index in [1.165, 1.54) is 12.1 Å². The summed E-state index contributed by atoms with van der Waals surface area (Å²) in [5.74, 6) is 1.92. The Morgan fingerprint density at radius 3 is 2.70 bits per heavy atom. The van der Waals surface area contributed by atoms with E-state index in [-0.39, 0.29) is 30.1 Å². The predicted octanol–water partition coefficient (Wildman–Crippen LogP) is 0.944. The Hall–Kier alpha value is -3.23. The number of fused-ring (bicyclic) bond motifs is 3. The SMILES string of the molecule is O=C1OC2(OC1=O)C(Oc1nsnc1OCC#Cc1ccc(F)cc1)C1CCN2C1. The molecule has 5 rings (SSSR count). The van der Waals surface area contributed by atoms with Crippen LogP contribution in [0.1, 0.15) is 12.0 Å². The average molecular weight is 431 g/mol. The van der Waals surface area contributed by atoms with E-state index in [9.17, 15) is 14.0 Å². The Kier molecular flexibility index (Phi) is 4.52. The summed E-state index contributed by atoms with van der Waals surface area (Å²) in [5, 5.41) is 0. The number of carbonyl (C=O) groups is 2. The van der Waals surface area contributed by atoms with Gasteiger partial charge >= 0.3 is 17.8 Å². The van der Waals surface area contributed by atoms with Crippen LogP contribution in [0.25, 0.3) is 0 Å². The van der Waals surface area contributed by atoms with Crippen LogP contribution in [0.4, 0.5) is 4.39 Å². The zero-order valence-electron chi connectivity index (χ0n) is 15.4. The van der Waals surface area contributed by atoms with Crippen molar-refractivity contribution in [3.8, 4) is 23.6 Å². The standard InChI is InChI=1S/C19H14FN3O6S/c20-13-5-3-11(4-6-13)2-1-9-26-15-16(22-30-21-15)27-14-12-7-8-23(10-12)19(14)28-17(24)18(25)29-19/h3-6,12,14H,7-10H2. The molecule has 3 fully saturated rings. The van der Waals surface area contributed by atoms with Crippen molar-refractivity contribution in [1.29, 1.82) is 0 Å². The maximum atomic E-state index is 12.9. The van der Waals surface area contributed by atoms with E-state index in [0.29, 0.717) is 18.7 Å². The lowest BCUT2D eigenvalue weighted by molar-refractivity contribution is -0.273. The third-order valence-corrected chi connectivity index (χ3v) is 5.62. The normalized spacial score (nSPS) is 25.6. The van der Waals surface area contributed by atoms with Gasteiger partial charge in [0.15, 0.2) is 12.7 Å². The fraction of sp³-hybridized carbons (Fsp3) is 0.368. The minimum absolute atomic E-state index is 0.00322. The molecule has 0 N–H and O–H groups in total. The highest BCUT2D eigenvalue weighted by Crippen LogP contribution is 2.47. The molecule has 3 aliphatic heterocycles. The number of carbonyl (C=O) groups excluding carboxylic acids is 2. The summed E-state index contributed by atoms with van der Waals surface area (Å²) in [7, 11) is 0. The summed E-state index contributed by atoms with van der Waals surface area (Å²) in [5.41, 5.74) is 0.649. The Labute approximate surface area is 174 Å². The van der Waals surface area contributed by atoms with E-state index < -0.39 is 24.0 Å². The quantitative estimate of drug-likeness (QED) is 0.398. The molecule has 0 aliphatic carbocycles. The maximum absolute atomic E-state index is 12.9. The molecule has 2 bridgehead atoms. The fourth-order valence-electron chi connectivity index (χ4n) is 3.81. The molecular weight excluding hydrogens is 417 g/mol. The van der Waals surface area contributed by atoms with E-state index in [4.69, 9.17) is 18.9 Å². The average Bonchev–Trinajstić information content (AvgIpc) is 3.49. The molecule has 11 heteroatoms. The molecule has 3 aliphatic rings. The fourth-order valence-corrected chi connectivity index (χ4v) is 4.25. The predicted molar refractivity (Wildman–Crippen MR) is 97.7 cm³/mol. The number of halogens is 1. The number of aromatic nitrogens is 2. The minimum Gasteiger partial charge on any atom is -0.460 e. The summed E-state index contributed by atoms with van der Waals surface area (Å²) >= 11 is 0.889. The first-order valence-electron chi connectivity index (χ1n) is 9.13. The van der Waals surface area contributed by atoms with Gasteiger partial charge in [0.05, 0.1) is 11.7 Å². The van der Waals surface area contributed by atoms with Crippen molar-refractivity contribution in [3.05, 3.63) is 35.6 Å². The maximum Gasteiger partial charge on any atom is 0.422 e. The smallest absolute Gasteiger partial charge is 0.422 e. The van der Waals surface area contributed by atoms with Gasteiger partial charge in [-0.1, -0.05) is 11.8 Å². The molecule has 0 amide bonds. The second kappa shape index (κ2) is 7.23. The highest BCUT2D eigenvalue weighted by atomic mass is 32.1. The monoisotopic (exact) mass is 431 g/mol. The summed E-state index contributed by atoms with van der Waals surface area (Å²) in [6.07, 6.45) is 0.0662. The minimum atomic E-state index is -1.57. The molecule has 3 atom stereocenters. The first-order valence-corrected chi connectivity index (χ1v) is 9.86. The van der Waals surface area contributed by atoms with Crippen LogP contribution < -0.4 is 9.47 Å². The Morgan fingerprint density at radius 2 is 1.93 bits per heavy atom. The van der Waals surface area contributed by atoms with Crippen LogP contribution in [0, 0.1) is 23.6 Å². The van der Waals surface area contributed by atoms with Gasteiger partial charge in [-0.15, -0.1) is 8.75 Å². The highest BCUT2D eigenvalue weighted by Gasteiger charge is 2.69. The van der Waals surface area contributed by atoms with Gasteiger partial charge in [-0.25, -0.2) is 18.9 Å². The van der Waals surface area contributed by atoms with Crippen molar-refractivity contribution >= 4 is 23.7 Å². The van der Waals surface area contributed by atoms with Gasteiger partial charge in [-0.3, -0.25) is 0 Å². The highest BCUT2D eigenvalue weighted by molar-refractivity contribution is 6.99. The summed E-state index contributed by atoms with van der Waals surface area (Å²) in [6.45, 7) is 1.21. The largest absolute Gasteiger partial charge is 0.460 e. The molecule has 3 unspecified atom stereocenters. The van der Waals surface area contributed by atoms with Crippen LogP contribution in [0.2, 0.25) is 0 Å². The molecule has 154 valence electrons. The zero-order chi connectivity index (χ0) is 20.7. The van der Waals surface area contributed by atoms with Crippen LogP contribution in [0.15, 0.2) is 24.3 Å². The van der Waals surface area contributed by atoms with Crippen LogP contribution in [0.3, 0.4) is 0 Å². The topological polar surface area (TPSA) is 100 Å². The van der Waals surface area contributed by atoms with Crippen LogP contribution in [-0.4, -0.2) is 57.3 Å². The molecular formula is C19H14FN3O6S. The summed E-state index contributed by atoms with van der Waals surface area (Å²) < 4.78 is 43.1. The van der Waals surface area contributed by atoms with Gasteiger partial charge in [0, 0.05) is 24.6 Å². The zero-order valence-corrected chi connectivity index (χ0v) is 16.2. The van der Waals surface area contributed by atoms with Crippen molar-refractivity contribution < 1.29 is 32.9 Å². The van der Waals surface area contributed by atoms with Crippen LogP contribution in [0.5, 0.6) is 11.8 Å². The lowest BCUT2D eigenvalue weighted by atomic mass is 9.99. The molecule has 4 heterocycles. The second-order valence-electron chi connectivity index (χ2n) is 6.91.